The number of halogens is 3. The highest BCUT2D eigenvalue weighted by atomic mass is 32.1. The number of benzene rings is 1. The number of nitrogens with one attached hydrogen (secondary N) is 1. The van der Waals surface area contributed by atoms with E-state index < -0.39 is 24.2 Å². The Morgan fingerprint density at radius 3 is 2.68 bits per heavy atom. The summed E-state index contributed by atoms with van der Waals surface area (Å²) in [5.74, 6) is -1.75. The molecular formula is C16H15F3N2O3S. The molecule has 1 aromatic carbocycles. The van der Waals surface area contributed by atoms with Crippen LogP contribution in [0.15, 0.2) is 23.0 Å². The SMILES string of the molecule is CCn1c(=S)[nH]c2cc(C(=O)O[C@H](C3CC3)C(F)(F)F)ccc2c1=O. The molecule has 0 amide bonds. The summed E-state index contributed by atoms with van der Waals surface area (Å²) in [7, 11) is 0. The average Bonchev–Trinajstić information content (AvgIpc) is 3.35. The topological polar surface area (TPSA) is 64.1 Å². The largest absolute Gasteiger partial charge is 0.449 e. The number of fused-ring (bicyclic) bond motifs is 1. The number of ether oxygens (including phenoxy) is 1. The Bertz CT molecular complexity index is 944. The zero-order valence-electron chi connectivity index (χ0n) is 13.2. The van der Waals surface area contributed by atoms with Crippen molar-refractivity contribution in [2.75, 3.05) is 0 Å². The van der Waals surface area contributed by atoms with E-state index >= 15 is 0 Å². The molecule has 1 aliphatic carbocycles. The normalized spacial score (nSPS) is 16.0. The monoisotopic (exact) mass is 372 g/mol. The van der Waals surface area contributed by atoms with E-state index in [9.17, 15) is 22.8 Å². The van der Waals surface area contributed by atoms with Gasteiger partial charge in [0.15, 0.2) is 10.9 Å². The summed E-state index contributed by atoms with van der Waals surface area (Å²) in [5, 5.41) is 0.293. The third-order valence-corrected chi connectivity index (χ3v) is 4.46. The number of alkyl halides is 3. The van der Waals surface area contributed by atoms with Crippen molar-refractivity contribution in [2.24, 2.45) is 5.92 Å². The quantitative estimate of drug-likeness (QED) is 0.658. The molecule has 3 rings (SSSR count). The first-order valence-electron chi connectivity index (χ1n) is 7.77. The minimum Gasteiger partial charge on any atom is -0.449 e. The molecule has 0 radical (unpaired) electrons. The average molecular weight is 372 g/mol. The smallest absolute Gasteiger partial charge is 0.425 e. The van der Waals surface area contributed by atoms with Gasteiger partial charge in [-0.1, -0.05) is 0 Å². The Balaban J connectivity index is 1.95. The Hall–Kier alpha value is -2.16. The van der Waals surface area contributed by atoms with Crippen LogP contribution in [0.1, 0.15) is 30.1 Å². The van der Waals surface area contributed by atoms with Gasteiger partial charge in [-0.2, -0.15) is 13.2 Å². The Morgan fingerprint density at radius 1 is 1.44 bits per heavy atom. The van der Waals surface area contributed by atoms with Crippen molar-refractivity contribution in [1.29, 1.82) is 0 Å². The lowest BCUT2D eigenvalue weighted by molar-refractivity contribution is -0.210. The fourth-order valence-electron chi connectivity index (χ4n) is 2.68. The summed E-state index contributed by atoms with van der Waals surface area (Å²) in [6.07, 6.45) is -5.91. The van der Waals surface area contributed by atoms with Crippen molar-refractivity contribution in [2.45, 2.75) is 38.6 Å². The lowest BCUT2D eigenvalue weighted by Gasteiger charge is -2.20. The third kappa shape index (κ3) is 3.46. The van der Waals surface area contributed by atoms with Crippen molar-refractivity contribution >= 4 is 29.1 Å². The standard InChI is InChI=1S/C16H15F3N2O3S/c1-2-21-13(22)10-6-5-9(7-11(10)20-15(21)25)14(23)24-12(8-3-4-8)16(17,18)19/h5-8,12H,2-4H2,1H3,(H,20,25)/t12-/m1/s1. The number of hydrogen-bond acceptors (Lipinski definition) is 4. The fourth-order valence-corrected chi connectivity index (χ4v) is 3.00. The highest BCUT2D eigenvalue weighted by Gasteiger charge is 2.51. The molecule has 1 aromatic heterocycles. The van der Waals surface area contributed by atoms with Crippen LogP contribution in [-0.2, 0) is 11.3 Å². The van der Waals surface area contributed by atoms with Crippen LogP contribution < -0.4 is 5.56 Å². The summed E-state index contributed by atoms with van der Waals surface area (Å²) in [6.45, 7) is 2.14. The van der Waals surface area contributed by atoms with E-state index in [4.69, 9.17) is 17.0 Å². The summed E-state index contributed by atoms with van der Waals surface area (Å²) < 4.78 is 45.2. The number of aromatic amines is 1. The number of carbonyl (C=O) groups is 1. The molecule has 1 saturated carbocycles. The van der Waals surface area contributed by atoms with Gasteiger partial charge in [-0.05, 0) is 50.2 Å². The van der Waals surface area contributed by atoms with Crippen LogP contribution in [0.5, 0.6) is 0 Å². The van der Waals surface area contributed by atoms with Crippen molar-refractivity contribution in [3.63, 3.8) is 0 Å². The minimum absolute atomic E-state index is 0.0679. The van der Waals surface area contributed by atoms with E-state index in [-0.39, 0.29) is 21.4 Å². The second-order valence-electron chi connectivity index (χ2n) is 5.94. The van der Waals surface area contributed by atoms with Gasteiger partial charge in [0, 0.05) is 12.5 Å². The lowest BCUT2D eigenvalue weighted by atomic mass is 10.1. The van der Waals surface area contributed by atoms with Gasteiger partial charge in [0.1, 0.15) is 0 Å². The lowest BCUT2D eigenvalue weighted by Crippen LogP contribution is -2.35. The Labute approximate surface area is 145 Å². The van der Waals surface area contributed by atoms with E-state index in [0.717, 1.165) is 0 Å². The maximum absolute atomic E-state index is 13.0. The van der Waals surface area contributed by atoms with Crippen LogP contribution in [0, 0.1) is 10.7 Å². The number of hydrogen-bond donors (Lipinski definition) is 1. The molecule has 0 unspecified atom stereocenters. The van der Waals surface area contributed by atoms with Gasteiger partial charge in [-0.3, -0.25) is 9.36 Å². The molecule has 0 saturated heterocycles. The first-order chi connectivity index (χ1) is 11.7. The highest BCUT2D eigenvalue weighted by molar-refractivity contribution is 7.71. The van der Waals surface area contributed by atoms with Gasteiger partial charge in [-0.25, -0.2) is 4.79 Å². The zero-order chi connectivity index (χ0) is 18.4. The maximum Gasteiger partial charge on any atom is 0.425 e. The van der Waals surface area contributed by atoms with E-state index in [1.54, 1.807) is 6.92 Å². The number of rotatable bonds is 4. The van der Waals surface area contributed by atoms with Gasteiger partial charge in [0.25, 0.3) is 5.56 Å². The molecule has 1 fully saturated rings. The van der Waals surface area contributed by atoms with Gasteiger partial charge < -0.3 is 9.72 Å². The molecule has 0 aliphatic heterocycles. The van der Waals surface area contributed by atoms with Crippen molar-refractivity contribution in [3.8, 4) is 0 Å². The van der Waals surface area contributed by atoms with E-state index in [1.807, 2.05) is 0 Å². The summed E-state index contributed by atoms with van der Waals surface area (Å²) in [5.41, 5.74) is -0.113. The summed E-state index contributed by atoms with van der Waals surface area (Å²) in [6, 6.07) is 3.95. The molecule has 5 nitrogen and oxygen atoms in total. The predicted octanol–water partition coefficient (Wildman–Crippen LogP) is 3.58. The second kappa shape index (κ2) is 6.29. The molecule has 9 heteroatoms. The molecule has 1 aliphatic rings. The highest BCUT2D eigenvalue weighted by Crippen LogP contribution is 2.42. The minimum atomic E-state index is -4.59. The van der Waals surface area contributed by atoms with Gasteiger partial charge in [-0.15, -0.1) is 0 Å². The van der Waals surface area contributed by atoms with Crippen LogP contribution in [0.2, 0.25) is 0 Å². The maximum atomic E-state index is 13.0. The van der Waals surface area contributed by atoms with Gasteiger partial charge in [0.05, 0.1) is 16.5 Å². The van der Waals surface area contributed by atoms with E-state index in [2.05, 4.69) is 4.98 Å². The third-order valence-electron chi connectivity index (χ3n) is 4.14. The van der Waals surface area contributed by atoms with E-state index in [1.165, 1.54) is 22.8 Å². The Morgan fingerprint density at radius 2 is 2.12 bits per heavy atom. The van der Waals surface area contributed by atoms with Gasteiger partial charge >= 0.3 is 12.1 Å². The number of esters is 1. The molecule has 25 heavy (non-hydrogen) atoms. The molecule has 1 N–H and O–H groups in total. The first-order valence-corrected chi connectivity index (χ1v) is 8.17. The zero-order valence-corrected chi connectivity index (χ0v) is 14.0. The summed E-state index contributed by atoms with van der Waals surface area (Å²) >= 11 is 5.08. The van der Waals surface area contributed by atoms with Crippen molar-refractivity contribution in [1.82, 2.24) is 9.55 Å². The van der Waals surface area contributed by atoms with Crippen LogP contribution in [0.25, 0.3) is 10.9 Å². The van der Waals surface area contributed by atoms with Crippen LogP contribution in [-0.4, -0.2) is 27.8 Å². The van der Waals surface area contributed by atoms with Gasteiger partial charge in [0.2, 0.25) is 0 Å². The van der Waals surface area contributed by atoms with Crippen LogP contribution in [0.4, 0.5) is 13.2 Å². The number of carbonyl (C=O) groups excluding carboxylic acids is 1. The van der Waals surface area contributed by atoms with Crippen molar-refractivity contribution in [3.05, 3.63) is 38.9 Å². The van der Waals surface area contributed by atoms with Crippen LogP contribution >= 0.6 is 12.2 Å². The molecule has 2 aromatic rings. The fraction of sp³-hybridized carbons (Fsp3) is 0.438. The molecule has 1 atom stereocenters. The predicted molar refractivity (Wildman–Crippen MR) is 87.0 cm³/mol. The molecular weight excluding hydrogens is 357 g/mol. The van der Waals surface area contributed by atoms with Crippen LogP contribution in [0.3, 0.4) is 0 Å². The number of aromatic nitrogens is 2. The molecule has 134 valence electrons. The first kappa shape index (κ1) is 17.7. The second-order valence-corrected chi connectivity index (χ2v) is 6.33. The molecule has 1 heterocycles. The summed E-state index contributed by atoms with van der Waals surface area (Å²) in [4.78, 5) is 27.2. The molecule has 0 spiro atoms. The number of nitrogens with zero attached hydrogens (tertiary/aromatic N) is 1. The van der Waals surface area contributed by atoms with Crippen molar-refractivity contribution < 1.29 is 22.7 Å². The number of H-pyrrole nitrogens is 1. The molecule has 0 bridgehead atoms. The van der Waals surface area contributed by atoms with E-state index in [0.29, 0.717) is 24.8 Å². The Kier molecular flexibility index (Phi) is 4.44.